The topological polar surface area (TPSA) is 25.2 Å². The van der Waals surface area contributed by atoms with Crippen LogP contribution in [0.2, 0.25) is 0 Å². The van der Waals surface area contributed by atoms with Gasteiger partial charge in [0.1, 0.15) is 0 Å². The van der Waals surface area contributed by atoms with Crippen LogP contribution >= 0.6 is 0 Å². The molecule has 8 rings (SSSR count). The van der Waals surface area contributed by atoms with Crippen LogP contribution in [0.4, 0.5) is 5.82 Å². The summed E-state index contributed by atoms with van der Waals surface area (Å²) >= 11 is 0. The molecule has 2 heteroatoms. The number of rotatable bonds is 2. The minimum atomic E-state index is 0.204. The number of aliphatic imine (C=N–C) groups is 1. The van der Waals surface area contributed by atoms with Gasteiger partial charge in [-0.2, -0.15) is 0 Å². The van der Waals surface area contributed by atoms with Gasteiger partial charge in [-0.05, 0) is 68.8 Å². The van der Waals surface area contributed by atoms with Crippen LogP contribution in [0.3, 0.4) is 0 Å². The van der Waals surface area contributed by atoms with E-state index in [9.17, 15) is 0 Å². The summed E-state index contributed by atoms with van der Waals surface area (Å²) in [5, 5.41) is 3.69. The van der Waals surface area contributed by atoms with Gasteiger partial charge in [0.25, 0.3) is 0 Å². The molecule has 0 fully saturated rings. The van der Waals surface area contributed by atoms with Crippen molar-refractivity contribution in [1.82, 2.24) is 4.98 Å². The molecule has 6 aromatic rings. The van der Waals surface area contributed by atoms with Gasteiger partial charge in [0.15, 0.2) is 5.82 Å². The number of hydrogen-bond donors (Lipinski definition) is 0. The van der Waals surface area contributed by atoms with E-state index >= 15 is 0 Å². The summed E-state index contributed by atoms with van der Waals surface area (Å²) in [6.45, 7) is 0. The predicted octanol–water partition coefficient (Wildman–Crippen LogP) is 8.91. The first-order valence-electron chi connectivity index (χ1n) is 13.2. The molecule has 38 heavy (non-hydrogen) atoms. The standard InChI is InChI=1S/C36H24N2/c1-2-10-23(11-3-1)27-18-19-30(29-16-8-7-15-28(27)29)31-22-35-32(20-24-12-4-6-14-26(24)31)33-21-25-13-5-9-17-34(25)37-36(33)38-35/h1-19,21-22,32H,20H2. The number of pyridine rings is 1. The first-order chi connectivity index (χ1) is 18.8. The fourth-order valence-corrected chi connectivity index (χ4v) is 6.21. The van der Waals surface area contributed by atoms with Crippen molar-refractivity contribution in [2.24, 2.45) is 4.99 Å². The highest BCUT2D eigenvalue weighted by molar-refractivity contribution is 6.15. The molecule has 0 saturated heterocycles. The van der Waals surface area contributed by atoms with Crippen molar-refractivity contribution >= 4 is 38.8 Å². The zero-order valence-electron chi connectivity index (χ0n) is 20.8. The van der Waals surface area contributed by atoms with E-state index in [1.165, 1.54) is 55.1 Å². The second kappa shape index (κ2) is 8.36. The van der Waals surface area contributed by atoms with Crippen LogP contribution in [-0.2, 0) is 6.42 Å². The fraction of sp³-hybridized carbons (Fsp3) is 0.0556. The van der Waals surface area contributed by atoms with E-state index < -0.39 is 0 Å². The lowest BCUT2D eigenvalue weighted by Gasteiger charge is -2.16. The Bertz CT molecular complexity index is 1950. The van der Waals surface area contributed by atoms with E-state index in [0.717, 1.165) is 23.5 Å². The highest BCUT2D eigenvalue weighted by atomic mass is 14.9. The van der Waals surface area contributed by atoms with Crippen molar-refractivity contribution in [2.45, 2.75) is 12.3 Å². The molecular weight excluding hydrogens is 460 g/mol. The van der Waals surface area contributed by atoms with Gasteiger partial charge in [0.2, 0.25) is 0 Å². The van der Waals surface area contributed by atoms with Crippen molar-refractivity contribution in [2.75, 3.05) is 0 Å². The number of fused-ring (bicyclic) bond motifs is 6. The normalized spacial score (nSPS) is 15.8. The molecule has 2 nitrogen and oxygen atoms in total. The van der Waals surface area contributed by atoms with Gasteiger partial charge in [-0.3, -0.25) is 0 Å². The van der Waals surface area contributed by atoms with Crippen molar-refractivity contribution in [3.05, 3.63) is 150 Å². The third-order valence-corrected chi connectivity index (χ3v) is 8.02. The molecule has 1 aromatic heterocycles. The summed E-state index contributed by atoms with van der Waals surface area (Å²) in [5.41, 5.74) is 10.9. The molecule has 0 saturated carbocycles. The van der Waals surface area contributed by atoms with Crippen LogP contribution in [0.1, 0.15) is 28.2 Å². The number of nitrogens with zero attached hydrogens (tertiary/aromatic N) is 2. The van der Waals surface area contributed by atoms with Crippen LogP contribution < -0.4 is 0 Å². The van der Waals surface area contributed by atoms with Gasteiger partial charge in [0, 0.05) is 16.9 Å². The summed E-state index contributed by atoms with van der Waals surface area (Å²) in [7, 11) is 0. The zero-order valence-corrected chi connectivity index (χ0v) is 20.8. The lowest BCUT2D eigenvalue weighted by molar-refractivity contribution is 0.900. The van der Waals surface area contributed by atoms with E-state index in [4.69, 9.17) is 9.98 Å². The monoisotopic (exact) mass is 484 g/mol. The number of para-hydroxylation sites is 1. The highest BCUT2D eigenvalue weighted by Crippen LogP contribution is 2.44. The summed E-state index contributed by atoms with van der Waals surface area (Å²) in [6, 6.07) is 43.5. The Labute approximate surface area is 221 Å². The molecule has 1 unspecified atom stereocenters. The number of allylic oxidation sites excluding steroid dienone is 1. The molecule has 1 aliphatic carbocycles. The van der Waals surface area contributed by atoms with Crippen molar-refractivity contribution < 1.29 is 0 Å². The second-order valence-corrected chi connectivity index (χ2v) is 10.2. The quantitative estimate of drug-likeness (QED) is 0.241. The Morgan fingerprint density at radius 3 is 2.21 bits per heavy atom. The minimum Gasteiger partial charge on any atom is -0.233 e. The van der Waals surface area contributed by atoms with Crippen LogP contribution in [0.5, 0.6) is 0 Å². The van der Waals surface area contributed by atoms with E-state index in [0.29, 0.717) is 0 Å². The van der Waals surface area contributed by atoms with Gasteiger partial charge < -0.3 is 0 Å². The Morgan fingerprint density at radius 2 is 1.32 bits per heavy atom. The minimum absolute atomic E-state index is 0.204. The molecule has 5 aromatic carbocycles. The van der Waals surface area contributed by atoms with E-state index in [1.807, 2.05) is 6.07 Å². The van der Waals surface area contributed by atoms with Crippen LogP contribution in [-0.4, -0.2) is 10.7 Å². The first-order valence-corrected chi connectivity index (χ1v) is 13.2. The predicted molar refractivity (Wildman–Crippen MR) is 158 cm³/mol. The molecule has 178 valence electrons. The smallest absolute Gasteiger partial charge is 0.156 e. The molecule has 0 bridgehead atoms. The molecule has 0 N–H and O–H groups in total. The Morgan fingerprint density at radius 1 is 0.605 bits per heavy atom. The molecule has 0 spiro atoms. The average molecular weight is 485 g/mol. The summed E-state index contributed by atoms with van der Waals surface area (Å²) in [5.74, 6) is 1.07. The average Bonchev–Trinajstić information content (AvgIpc) is 3.21. The maximum Gasteiger partial charge on any atom is 0.156 e. The second-order valence-electron chi connectivity index (χ2n) is 10.2. The van der Waals surface area contributed by atoms with E-state index in [1.54, 1.807) is 0 Å². The molecule has 1 atom stereocenters. The molecular formula is C36H24N2. The third-order valence-electron chi connectivity index (χ3n) is 8.02. The Kier molecular flexibility index (Phi) is 4.68. The van der Waals surface area contributed by atoms with Gasteiger partial charge in [-0.25, -0.2) is 9.98 Å². The van der Waals surface area contributed by atoms with Crippen molar-refractivity contribution in [3.8, 4) is 11.1 Å². The molecule has 2 heterocycles. The molecule has 0 amide bonds. The fourth-order valence-electron chi connectivity index (χ4n) is 6.21. The molecule has 2 aliphatic rings. The SMILES string of the molecule is C1=C(c2ccc(-c3ccccc3)c3ccccc23)c2ccccc2CC2C1=Nc1nc3ccccc3cc12. The van der Waals surface area contributed by atoms with Crippen LogP contribution in [0, 0.1) is 0 Å². The highest BCUT2D eigenvalue weighted by Gasteiger charge is 2.32. The van der Waals surface area contributed by atoms with Gasteiger partial charge in [-0.1, -0.05) is 109 Å². The van der Waals surface area contributed by atoms with Crippen molar-refractivity contribution in [1.29, 1.82) is 0 Å². The zero-order chi connectivity index (χ0) is 25.1. The summed E-state index contributed by atoms with van der Waals surface area (Å²) < 4.78 is 0. The van der Waals surface area contributed by atoms with Crippen LogP contribution in [0.15, 0.2) is 132 Å². The van der Waals surface area contributed by atoms with Crippen LogP contribution in [0.25, 0.3) is 38.4 Å². The van der Waals surface area contributed by atoms with Gasteiger partial charge in [0.05, 0.1) is 11.2 Å². The van der Waals surface area contributed by atoms with E-state index in [-0.39, 0.29) is 5.92 Å². The number of benzene rings is 5. The Hall–Kier alpha value is -4.82. The summed E-state index contributed by atoms with van der Waals surface area (Å²) in [4.78, 5) is 10.1. The maximum atomic E-state index is 5.12. The lowest BCUT2D eigenvalue weighted by Crippen LogP contribution is -2.08. The summed E-state index contributed by atoms with van der Waals surface area (Å²) in [6.07, 6.45) is 3.24. The molecule has 0 radical (unpaired) electrons. The third kappa shape index (κ3) is 3.27. The first kappa shape index (κ1) is 21.3. The van der Waals surface area contributed by atoms with Gasteiger partial charge in [-0.15, -0.1) is 0 Å². The lowest BCUT2D eigenvalue weighted by atomic mass is 9.87. The maximum absolute atomic E-state index is 5.12. The van der Waals surface area contributed by atoms with Crippen molar-refractivity contribution in [3.63, 3.8) is 0 Å². The molecule has 1 aliphatic heterocycles. The Balaban J connectivity index is 1.36. The van der Waals surface area contributed by atoms with E-state index in [2.05, 4.69) is 121 Å². The largest absolute Gasteiger partial charge is 0.233 e. The van der Waals surface area contributed by atoms with Gasteiger partial charge >= 0.3 is 0 Å². The number of hydrogen-bond acceptors (Lipinski definition) is 2. The number of aromatic nitrogens is 1.